The van der Waals surface area contributed by atoms with Gasteiger partial charge in [0.15, 0.2) is 5.82 Å². The van der Waals surface area contributed by atoms with Gasteiger partial charge in [0.1, 0.15) is 11.5 Å². The first-order valence-electron chi connectivity index (χ1n) is 8.04. The second-order valence-corrected chi connectivity index (χ2v) is 6.10. The molecule has 1 aliphatic carbocycles. The molecule has 0 spiro atoms. The topological polar surface area (TPSA) is 87.1 Å². The van der Waals surface area contributed by atoms with Gasteiger partial charge in [-0.2, -0.15) is 4.98 Å². The molecule has 0 atom stereocenters. The first-order chi connectivity index (χ1) is 11.7. The lowest BCUT2D eigenvalue weighted by Crippen LogP contribution is -2.34. The highest BCUT2D eigenvalue weighted by Gasteiger charge is 2.36. The normalized spacial score (nSPS) is 16.2. The zero-order chi connectivity index (χ0) is 16.4. The maximum absolute atomic E-state index is 6.37. The van der Waals surface area contributed by atoms with E-state index in [1.54, 1.807) is 12.4 Å². The van der Waals surface area contributed by atoms with Gasteiger partial charge < -0.3 is 15.0 Å². The van der Waals surface area contributed by atoms with Gasteiger partial charge in [-0.05, 0) is 49.2 Å². The molecule has 1 aliphatic rings. The van der Waals surface area contributed by atoms with E-state index in [1.807, 2.05) is 36.4 Å². The van der Waals surface area contributed by atoms with Crippen LogP contribution in [-0.2, 0) is 5.54 Å². The zero-order valence-electron chi connectivity index (χ0n) is 13.2. The quantitative estimate of drug-likeness (QED) is 0.789. The average Bonchev–Trinajstić information content (AvgIpc) is 3.27. The summed E-state index contributed by atoms with van der Waals surface area (Å²) in [4.78, 5) is 8.52. The predicted octanol–water partition coefficient (Wildman–Crippen LogP) is 3.65. The van der Waals surface area contributed by atoms with Gasteiger partial charge in [0, 0.05) is 11.8 Å². The van der Waals surface area contributed by atoms with Crippen LogP contribution in [0.2, 0.25) is 0 Å². The number of aromatic nitrogens is 3. The van der Waals surface area contributed by atoms with Crippen LogP contribution in [0.5, 0.6) is 11.5 Å². The number of benzene rings is 1. The predicted molar refractivity (Wildman–Crippen MR) is 88.4 cm³/mol. The highest BCUT2D eigenvalue weighted by Crippen LogP contribution is 2.35. The number of nitrogens with zero attached hydrogens (tertiary/aromatic N) is 3. The van der Waals surface area contributed by atoms with E-state index in [2.05, 4.69) is 15.1 Å². The summed E-state index contributed by atoms with van der Waals surface area (Å²) < 4.78 is 11.1. The van der Waals surface area contributed by atoms with Gasteiger partial charge in [0.25, 0.3) is 5.89 Å². The lowest BCUT2D eigenvalue weighted by atomic mass is 9.99. The number of hydrogen-bond donors (Lipinski definition) is 1. The fourth-order valence-electron chi connectivity index (χ4n) is 2.98. The first-order valence-corrected chi connectivity index (χ1v) is 8.04. The number of pyridine rings is 1. The van der Waals surface area contributed by atoms with E-state index < -0.39 is 5.54 Å². The zero-order valence-corrected chi connectivity index (χ0v) is 13.2. The molecule has 122 valence electrons. The van der Waals surface area contributed by atoms with Gasteiger partial charge in [0.05, 0.1) is 11.7 Å². The van der Waals surface area contributed by atoms with Crippen molar-refractivity contribution in [3.05, 3.63) is 54.6 Å². The molecule has 1 aromatic carbocycles. The van der Waals surface area contributed by atoms with Gasteiger partial charge in [-0.1, -0.05) is 18.0 Å². The molecule has 4 rings (SSSR count). The highest BCUT2D eigenvalue weighted by molar-refractivity contribution is 5.54. The van der Waals surface area contributed by atoms with Gasteiger partial charge in [-0.3, -0.25) is 4.98 Å². The van der Waals surface area contributed by atoms with E-state index in [0.717, 1.165) is 37.0 Å². The summed E-state index contributed by atoms with van der Waals surface area (Å²) in [5.74, 6) is 2.49. The third-order valence-electron chi connectivity index (χ3n) is 4.34. The van der Waals surface area contributed by atoms with Gasteiger partial charge in [-0.25, -0.2) is 0 Å². The second kappa shape index (κ2) is 6.05. The van der Waals surface area contributed by atoms with E-state index in [9.17, 15) is 0 Å². The molecule has 0 amide bonds. The molecule has 2 aromatic heterocycles. The van der Waals surface area contributed by atoms with Crippen molar-refractivity contribution in [2.24, 2.45) is 5.73 Å². The van der Waals surface area contributed by atoms with Crippen LogP contribution in [0.4, 0.5) is 0 Å². The maximum atomic E-state index is 6.37. The first kappa shape index (κ1) is 14.8. The second-order valence-electron chi connectivity index (χ2n) is 6.10. The van der Waals surface area contributed by atoms with E-state index in [0.29, 0.717) is 17.5 Å². The minimum absolute atomic E-state index is 0.439. The third-order valence-corrected chi connectivity index (χ3v) is 4.34. The van der Waals surface area contributed by atoms with Gasteiger partial charge in [-0.15, -0.1) is 0 Å². The molecule has 2 N–H and O–H groups in total. The number of nitrogens with two attached hydrogens (primary N) is 1. The minimum atomic E-state index is -0.439. The van der Waals surface area contributed by atoms with Gasteiger partial charge in [0.2, 0.25) is 0 Å². The van der Waals surface area contributed by atoms with Crippen LogP contribution in [0.15, 0.2) is 53.3 Å². The van der Waals surface area contributed by atoms with E-state index in [1.165, 1.54) is 0 Å². The Morgan fingerprint density at radius 3 is 2.54 bits per heavy atom. The molecule has 1 saturated carbocycles. The van der Waals surface area contributed by atoms with Crippen LogP contribution in [0.1, 0.15) is 31.5 Å². The SMILES string of the molecule is NC1(c2noc(-c3ccc(Oc4cccnc4)cc3)n2)CCCC1. The Morgan fingerprint density at radius 1 is 1.04 bits per heavy atom. The Balaban J connectivity index is 1.52. The molecule has 6 heteroatoms. The van der Waals surface area contributed by atoms with E-state index >= 15 is 0 Å². The van der Waals surface area contributed by atoms with Crippen LogP contribution in [-0.4, -0.2) is 15.1 Å². The van der Waals surface area contributed by atoms with Crippen molar-refractivity contribution in [1.29, 1.82) is 0 Å². The largest absolute Gasteiger partial charge is 0.456 e. The summed E-state index contributed by atoms with van der Waals surface area (Å²) in [5, 5.41) is 4.09. The number of ether oxygens (including phenoxy) is 1. The fourth-order valence-corrected chi connectivity index (χ4v) is 2.98. The molecule has 6 nitrogen and oxygen atoms in total. The van der Waals surface area contributed by atoms with Crippen LogP contribution in [0.3, 0.4) is 0 Å². The standard InChI is InChI=1S/C18H18N4O2/c19-18(9-1-2-10-18)17-21-16(24-22-17)13-5-7-14(8-6-13)23-15-4-3-11-20-12-15/h3-8,11-12H,1-2,9-10,19H2. The van der Waals surface area contributed by atoms with E-state index in [4.69, 9.17) is 15.0 Å². The molecule has 0 bridgehead atoms. The molecular weight excluding hydrogens is 304 g/mol. The molecule has 0 unspecified atom stereocenters. The third kappa shape index (κ3) is 2.88. The van der Waals surface area contributed by atoms with Crippen molar-refractivity contribution < 1.29 is 9.26 Å². The van der Waals surface area contributed by atoms with Crippen LogP contribution in [0.25, 0.3) is 11.5 Å². The Kier molecular flexibility index (Phi) is 3.74. The Morgan fingerprint density at radius 2 is 1.83 bits per heavy atom. The Labute approximate surface area is 139 Å². The molecule has 1 fully saturated rings. The summed E-state index contributed by atoms with van der Waals surface area (Å²) in [6, 6.07) is 11.2. The van der Waals surface area contributed by atoms with Crippen molar-refractivity contribution in [3.63, 3.8) is 0 Å². The summed E-state index contributed by atoms with van der Waals surface area (Å²) in [6.07, 6.45) is 7.41. The molecule has 2 heterocycles. The van der Waals surface area contributed by atoms with Crippen molar-refractivity contribution in [3.8, 4) is 23.0 Å². The fraction of sp³-hybridized carbons (Fsp3) is 0.278. The number of rotatable bonds is 4. The minimum Gasteiger partial charge on any atom is -0.456 e. The van der Waals surface area contributed by atoms with Crippen molar-refractivity contribution in [2.45, 2.75) is 31.2 Å². The van der Waals surface area contributed by atoms with E-state index in [-0.39, 0.29) is 0 Å². The van der Waals surface area contributed by atoms with Crippen molar-refractivity contribution in [1.82, 2.24) is 15.1 Å². The lowest BCUT2D eigenvalue weighted by Gasteiger charge is -2.17. The van der Waals surface area contributed by atoms with Crippen molar-refractivity contribution >= 4 is 0 Å². The summed E-state index contributed by atoms with van der Waals surface area (Å²) in [6.45, 7) is 0. The smallest absolute Gasteiger partial charge is 0.257 e. The molecular formula is C18H18N4O2. The monoisotopic (exact) mass is 322 g/mol. The molecule has 0 saturated heterocycles. The Hall–Kier alpha value is -2.73. The summed E-state index contributed by atoms with van der Waals surface area (Å²) in [5.41, 5.74) is 6.77. The lowest BCUT2D eigenvalue weighted by molar-refractivity contribution is 0.372. The summed E-state index contributed by atoms with van der Waals surface area (Å²) in [7, 11) is 0. The average molecular weight is 322 g/mol. The maximum Gasteiger partial charge on any atom is 0.257 e. The Bertz CT molecular complexity index is 809. The molecule has 3 aromatic rings. The summed E-state index contributed by atoms with van der Waals surface area (Å²) >= 11 is 0. The van der Waals surface area contributed by atoms with Crippen LogP contribution in [0, 0.1) is 0 Å². The molecule has 0 aliphatic heterocycles. The van der Waals surface area contributed by atoms with Crippen LogP contribution >= 0.6 is 0 Å². The van der Waals surface area contributed by atoms with Crippen molar-refractivity contribution in [2.75, 3.05) is 0 Å². The van der Waals surface area contributed by atoms with Gasteiger partial charge >= 0.3 is 0 Å². The van der Waals surface area contributed by atoms with Crippen LogP contribution < -0.4 is 10.5 Å². The number of hydrogen-bond acceptors (Lipinski definition) is 6. The molecule has 0 radical (unpaired) electrons. The highest BCUT2D eigenvalue weighted by atomic mass is 16.5. The molecule has 24 heavy (non-hydrogen) atoms.